The number of nitrogens with zero attached hydrogens (tertiary/aromatic N) is 3. The van der Waals surface area contributed by atoms with Crippen molar-refractivity contribution in [3.05, 3.63) is 53.6 Å². The molecule has 0 heterocycles. The molecule has 0 unspecified atom stereocenters. The van der Waals surface area contributed by atoms with Crippen LogP contribution in [-0.4, -0.2) is 13.1 Å². The lowest BCUT2D eigenvalue weighted by atomic mass is 10.0. The van der Waals surface area contributed by atoms with E-state index in [1.807, 2.05) is 0 Å². The molecule has 0 amide bonds. The molecule has 0 radical (unpaired) electrons. The summed E-state index contributed by atoms with van der Waals surface area (Å²) in [5.41, 5.74) is 5.71. The van der Waals surface area contributed by atoms with Crippen molar-refractivity contribution in [3.63, 3.8) is 0 Å². The number of hydrogen-bond donors (Lipinski definition) is 0. The predicted octanol–water partition coefficient (Wildman–Crippen LogP) is 9.72. The molecule has 2 aromatic carbocycles. The number of aryl methyl sites for hydroxylation is 2. The normalized spacial score (nSPS) is 11.4. The minimum atomic E-state index is 0.953. The van der Waals surface area contributed by atoms with Gasteiger partial charge in [0.1, 0.15) is 0 Å². The minimum absolute atomic E-state index is 0.953. The summed E-state index contributed by atoms with van der Waals surface area (Å²) in [4.78, 5) is 2.36. The number of benzene rings is 2. The van der Waals surface area contributed by atoms with E-state index in [2.05, 4.69) is 85.3 Å². The topological polar surface area (TPSA) is 28.0 Å². The summed E-state index contributed by atoms with van der Waals surface area (Å²) in [6.45, 7) is 10.8. The standard InChI is InChI=1S/C29H45N3/c1-5-8-9-10-11-12-13-14-15-16-19-26-20-17-18-21-29(26)31-30-28-23-22-27(24-25(28)4)32(6-2)7-3/h17-18,20-24H,5-16,19H2,1-4H3/b31-30+. The van der Waals surface area contributed by atoms with E-state index in [1.54, 1.807) is 0 Å². The summed E-state index contributed by atoms with van der Waals surface area (Å²) in [6, 6.07) is 15.0. The van der Waals surface area contributed by atoms with E-state index in [0.29, 0.717) is 0 Å². The fourth-order valence-electron chi connectivity index (χ4n) is 4.27. The summed E-state index contributed by atoms with van der Waals surface area (Å²) in [5, 5.41) is 9.22. The van der Waals surface area contributed by atoms with Crippen molar-refractivity contribution in [1.29, 1.82) is 0 Å². The predicted molar refractivity (Wildman–Crippen MR) is 141 cm³/mol. The molecule has 3 heteroatoms. The highest BCUT2D eigenvalue weighted by Crippen LogP contribution is 2.28. The lowest BCUT2D eigenvalue weighted by molar-refractivity contribution is 0.556. The van der Waals surface area contributed by atoms with Crippen LogP contribution in [0.2, 0.25) is 0 Å². The van der Waals surface area contributed by atoms with Crippen molar-refractivity contribution in [2.45, 2.75) is 98.3 Å². The summed E-state index contributed by atoms with van der Waals surface area (Å²) in [7, 11) is 0. The van der Waals surface area contributed by atoms with Crippen molar-refractivity contribution in [2.24, 2.45) is 10.2 Å². The molecule has 32 heavy (non-hydrogen) atoms. The quantitative estimate of drug-likeness (QED) is 0.190. The number of rotatable bonds is 16. The number of hydrogen-bond acceptors (Lipinski definition) is 3. The molecule has 0 aromatic heterocycles. The molecule has 176 valence electrons. The average molecular weight is 436 g/mol. The van der Waals surface area contributed by atoms with Crippen LogP contribution in [0.25, 0.3) is 0 Å². The lowest BCUT2D eigenvalue weighted by Gasteiger charge is -2.21. The second-order valence-electron chi connectivity index (χ2n) is 8.90. The smallest absolute Gasteiger partial charge is 0.0889 e. The lowest BCUT2D eigenvalue weighted by Crippen LogP contribution is -2.21. The zero-order chi connectivity index (χ0) is 23.0. The Morgan fingerprint density at radius 1 is 0.656 bits per heavy atom. The van der Waals surface area contributed by atoms with Crippen molar-refractivity contribution in [3.8, 4) is 0 Å². The fourth-order valence-corrected chi connectivity index (χ4v) is 4.27. The maximum atomic E-state index is 4.63. The highest BCUT2D eigenvalue weighted by atomic mass is 15.1. The van der Waals surface area contributed by atoms with Crippen LogP contribution >= 0.6 is 0 Å². The second-order valence-corrected chi connectivity index (χ2v) is 8.90. The van der Waals surface area contributed by atoms with Gasteiger partial charge in [0.25, 0.3) is 0 Å². The maximum absolute atomic E-state index is 4.63. The SMILES string of the molecule is CCCCCCCCCCCCc1ccccc1/N=N/c1ccc(N(CC)CC)cc1C. The Labute approximate surface area is 197 Å². The zero-order valence-corrected chi connectivity index (χ0v) is 21.1. The van der Waals surface area contributed by atoms with Crippen LogP contribution in [0.4, 0.5) is 17.1 Å². The molecule has 3 nitrogen and oxygen atoms in total. The Kier molecular flexibility index (Phi) is 12.7. The van der Waals surface area contributed by atoms with Gasteiger partial charge in [-0.15, -0.1) is 0 Å². The maximum Gasteiger partial charge on any atom is 0.0889 e. The van der Waals surface area contributed by atoms with Crippen LogP contribution in [0, 0.1) is 6.92 Å². The van der Waals surface area contributed by atoms with E-state index in [9.17, 15) is 0 Å². The van der Waals surface area contributed by atoms with Crippen LogP contribution < -0.4 is 4.90 Å². The van der Waals surface area contributed by atoms with Crippen molar-refractivity contribution in [2.75, 3.05) is 18.0 Å². The molecule has 0 saturated heterocycles. The van der Waals surface area contributed by atoms with Crippen LogP contribution in [0.5, 0.6) is 0 Å². The van der Waals surface area contributed by atoms with Gasteiger partial charge in [0.15, 0.2) is 0 Å². The number of anilines is 1. The van der Waals surface area contributed by atoms with E-state index < -0.39 is 0 Å². The molecule has 0 spiro atoms. The molecule has 0 aliphatic rings. The van der Waals surface area contributed by atoms with Crippen LogP contribution in [0.3, 0.4) is 0 Å². The van der Waals surface area contributed by atoms with Gasteiger partial charge in [-0.3, -0.25) is 0 Å². The Hall–Kier alpha value is -2.16. The van der Waals surface area contributed by atoms with Crippen LogP contribution in [-0.2, 0) is 6.42 Å². The van der Waals surface area contributed by atoms with Crippen LogP contribution in [0.1, 0.15) is 96.1 Å². The summed E-state index contributed by atoms with van der Waals surface area (Å²) in [6.07, 6.45) is 14.8. The first-order valence-corrected chi connectivity index (χ1v) is 13.0. The highest BCUT2D eigenvalue weighted by molar-refractivity contribution is 5.58. The molecular weight excluding hydrogens is 390 g/mol. The van der Waals surface area contributed by atoms with Crippen molar-refractivity contribution < 1.29 is 0 Å². The Morgan fingerprint density at radius 2 is 1.25 bits per heavy atom. The van der Waals surface area contributed by atoms with E-state index in [0.717, 1.165) is 30.9 Å². The van der Waals surface area contributed by atoms with Crippen molar-refractivity contribution in [1.82, 2.24) is 0 Å². The fraction of sp³-hybridized carbons (Fsp3) is 0.586. The average Bonchev–Trinajstić information content (AvgIpc) is 2.81. The van der Waals surface area contributed by atoms with Crippen LogP contribution in [0.15, 0.2) is 52.7 Å². The molecule has 2 aromatic rings. The number of unbranched alkanes of at least 4 members (excludes halogenated alkanes) is 9. The molecular formula is C29H45N3. The van der Waals surface area contributed by atoms with Gasteiger partial charge in [0.05, 0.1) is 11.4 Å². The third-order valence-corrected chi connectivity index (χ3v) is 6.37. The van der Waals surface area contributed by atoms with E-state index in [1.165, 1.54) is 81.0 Å². The van der Waals surface area contributed by atoms with Gasteiger partial charge in [-0.05, 0) is 69.0 Å². The third-order valence-electron chi connectivity index (χ3n) is 6.37. The Morgan fingerprint density at radius 3 is 1.88 bits per heavy atom. The van der Waals surface area contributed by atoms with E-state index >= 15 is 0 Å². The molecule has 0 bridgehead atoms. The first-order chi connectivity index (χ1) is 15.7. The van der Waals surface area contributed by atoms with Gasteiger partial charge in [0, 0.05) is 18.8 Å². The molecule has 0 N–H and O–H groups in total. The summed E-state index contributed by atoms with van der Waals surface area (Å²) >= 11 is 0. The first kappa shape index (κ1) is 26.1. The highest BCUT2D eigenvalue weighted by Gasteiger charge is 2.06. The molecule has 0 saturated carbocycles. The third kappa shape index (κ3) is 9.14. The molecule has 0 aliphatic heterocycles. The molecule has 0 aliphatic carbocycles. The van der Waals surface area contributed by atoms with Gasteiger partial charge in [-0.25, -0.2) is 0 Å². The zero-order valence-electron chi connectivity index (χ0n) is 21.1. The van der Waals surface area contributed by atoms with Gasteiger partial charge in [0.2, 0.25) is 0 Å². The second kappa shape index (κ2) is 15.6. The van der Waals surface area contributed by atoms with Gasteiger partial charge >= 0.3 is 0 Å². The van der Waals surface area contributed by atoms with Gasteiger partial charge in [-0.2, -0.15) is 10.2 Å². The Bertz CT molecular complexity index is 793. The summed E-state index contributed by atoms with van der Waals surface area (Å²) < 4.78 is 0. The summed E-state index contributed by atoms with van der Waals surface area (Å²) in [5.74, 6) is 0. The first-order valence-electron chi connectivity index (χ1n) is 13.0. The largest absolute Gasteiger partial charge is 0.372 e. The Balaban J connectivity index is 1.82. The monoisotopic (exact) mass is 435 g/mol. The van der Waals surface area contributed by atoms with Gasteiger partial charge in [-0.1, -0.05) is 82.9 Å². The molecule has 0 fully saturated rings. The van der Waals surface area contributed by atoms with E-state index in [-0.39, 0.29) is 0 Å². The molecule has 2 rings (SSSR count). The number of azo groups is 1. The van der Waals surface area contributed by atoms with Crippen molar-refractivity contribution >= 4 is 17.1 Å². The van der Waals surface area contributed by atoms with E-state index in [4.69, 9.17) is 0 Å². The van der Waals surface area contributed by atoms with Gasteiger partial charge < -0.3 is 4.90 Å². The minimum Gasteiger partial charge on any atom is -0.372 e. The molecule has 0 atom stereocenters.